The third-order valence-electron chi connectivity index (χ3n) is 5.95. The molecule has 0 atom stereocenters. The summed E-state index contributed by atoms with van der Waals surface area (Å²) in [5.74, 6) is 2.05. The Labute approximate surface area is 187 Å². The van der Waals surface area contributed by atoms with E-state index >= 15 is 0 Å². The first kappa shape index (κ1) is 21.5. The fraction of sp³-hybridized carbons (Fsp3) is 0.417. The highest BCUT2D eigenvalue weighted by molar-refractivity contribution is 6.32. The number of amides is 1. The second kappa shape index (κ2) is 9.18. The quantitative estimate of drug-likeness (QED) is 0.613. The zero-order chi connectivity index (χ0) is 21.8. The largest absolute Gasteiger partial charge is 0.497 e. The number of ketones is 1. The molecular formula is C24H26ClNO5. The van der Waals surface area contributed by atoms with Gasteiger partial charge >= 0.3 is 0 Å². The smallest absolute Gasteiger partial charge is 0.222 e. The first-order valence-electron chi connectivity index (χ1n) is 10.5. The minimum absolute atomic E-state index is 0.0837. The molecule has 4 rings (SSSR count). The summed E-state index contributed by atoms with van der Waals surface area (Å²) >= 11 is 6.07. The lowest BCUT2D eigenvalue weighted by atomic mass is 9.82. The molecule has 31 heavy (non-hydrogen) atoms. The highest BCUT2D eigenvalue weighted by Gasteiger charge is 2.43. The molecule has 2 aliphatic heterocycles. The molecule has 1 spiro atoms. The summed E-state index contributed by atoms with van der Waals surface area (Å²) in [7, 11) is 1.59. The fourth-order valence-electron chi connectivity index (χ4n) is 4.17. The van der Waals surface area contributed by atoms with E-state index in [0.717, 1.165) is 0 Å². The first-order chi connectivity index (χ1) is 15.0. The van der Waals surface area contributed by atoms with Crippen LogP contribution in [0.2, 0.25) is 5.02 Å². The van der Waals surface area contributed by atoms with Crippen LogP contribution in [0.5, 0.6) is 17.2 Å². The SMILES string of the molecule is COc1ccc2c(c1)OC1(CCN(C(=O)CCCOc3ccccc3Cl)CC1)CC2=O. The van der Waals surface area contributed by atoms with E-state index in [1.165, 1.54) is 0 Å². The molecule has 2 aromatic carbocycles. The minimum Gasteiger partial charge on any atom is -0.497 e. The molecule has 0 saturated carbocycles. The molecule has 2 aromatic rings. The number of carbonyl (C=O) groups excluding carboxylic acids is 2. The maximum absolute atomic E-state index is 12.7. The molecule has 6 nitrogen and oxygen atoms in total. The van der Waals surface area contributed by atoms with Gasteiger partial charge in [0, 0.05) is 38.4 Å². The van der Waals surface area contributed by atoms with E-state index in [9.17, 15) is 9.59 Å². The van der Waals surface area contributed by atoms with Crippen LogP contribution >= 0.6 is 11.6 Å². The molecule has 1 saturated heterocycles. The molecule has 1 fully saturated rings. The summed E-state index contributed by atoms with van der Waals surface area (Å²) in [5, 5.41) is 0.566. The Bertz CT molecular complexity index is 968. The van der Waals surface area contributed by atoms with E-state index in [1.807, 2.05) is 23.1 Å². The van der Waals surface area contributed by atoms with Gasteiger partial charge in [-0.05, 0) is 30.7 Å². The number of ether oxygens (including phenoxy) is 3. The highest BCUT2D eigenvalue weighted by Crippen LogP contribution is 2.40. The first-order valence-corrected chi connectivity index (χ1v) is 10.9. The van der Waals surface area contributed by atoms with E-state index < -0.39 is 5.60 Å². The zero-order valence-corrected chi connectivity index (χ0v) is 18.3. The Balaban J connectivity index is 1.27. The Morgan fingerprint density at radius 3 is 2.71 bits per heavy atom. The molecule has 164 valence electrons. The van der Waals surface area contributed by atoms with Crippen molar-refractivity contribution >= 4 is 23.3 Å². The van der Waals surface area contributed by atoms with Crippen molar-refractivity contribution < 1.29 is 23.8 Å². The van der Waals surface area contributed by atoms with Crippen molar-refractivity contribution in [2.45, 2.75) is 37.7 Å². The van der Waals surface area contributed by atoms with Crippen molar-refractivity contribution in [3.63, 3.8) is 0 Å². The number of hydrogen-bond donors (Lipinski definition) is 0. The van der Waals surface area contributed by atoms with Gasteiger partial charge in [-0.25, -0.2) is 0 Å². The van der Waals surface area contributed by atoms with Gasteiger partial charge in [-0.15, -0.1) is 0 Å². The van der Waals surface area contributed by atoms with Crippen molar-refractivity contribution in [1.29, 1.82) is 0 Å². The molecule has 0 aliphatic carbocycles. The summed E-state index contributed by atoms with van der Waals surface area (Å²) in [4.78, 5) is 27.1. The lowest BCUT2D eigenvalue weighted by Crippen LogP contribution is -2.52. The van der Waals surface area contributed by atoms with Crippen LogP contribution in [0.15, 0.2) is 42.5 Å². The normalized spacial score (nSPS) is 17.1. The third-order valence-corrected chi connectivity index (χ3v) is 6.27. The van der Waals surface area contributed by atoms with Gasteiger partial charge in [0.15, 0.2) is 5.78 Å². The lowest BCUT2D eigenvalue weighted by molar-refractivity contribution is -0.135. The summed E-state index contributed by atoms with van der Waals surface area (Å²) in [6.45, 7) is 1.59. The van der Waals surface area contributed by atoms with Crippen LogP contribution in [0, 0.1) is 0 Å². The number of benzene rings is 2. The second-order valence-corrected chi connectivity index (χ2v) is 8.42. The van der Waals surface area contributed by atoms with Gasteiger partial charge in [-0.1, -0.05) is 23.7 Å². The van der Waals surface area contributed by atoms with Gasteiger partial charge in [0.25, 0.3) is 0 Å². The summed E-state index contributed by atoms with van der Waals surface area (Å²) in [5.41, 5.74) is 0.0591. The molecule has 2 heterocycles. The Morgan fingerprint density at radius 2 is 1.97 bits per heavy atom. The van der Waals surface area contributed by atoms with E-state index in [2.05, 4.69) is 0 Å². The molecule has 0 N–H and O–H groups in total. The maximum atomic E-state index is 12.7. The number of hydrogen-bond acceptors (Lipinski definition) is 5. The average molecular weight is 444 g/mol. The van der Waals surface area contributed by atoms with Crippen LogP contribution in [0.3, 0.4) is 0 Å². The van der Waals surface area contributed by atoms with Crippen LogP contribution in [-0.4, -0.2) is 49.0 Å². The Kier molecular flexibility index (Phi) is 6.37. The predicted molar refractivity (Wildman–Crippen MR) is 117 cm³/mol. The zero-order valence-electron chi connectivity index (χ0n) is 17.6. The van der Waals surface area contributed by atoms with Gasteiger partial charge in [0.05, 0.1) is 30.7 Å². The van der Waals surface area contributed by atoms with E-state index in [0.29, 0.717) is 79.6 Å². The van der Waals surface area contributed by atoms with Crippen LogP contribution < -0.4 is 14.2 Å². The highest BCUT2D eigenvalue weighted by atomic mass is 35.5. The number of para-hydroxylation sites is 1. The summed E-state index contributed by atoms with van der Waals surface area (Å²) < 4.78 is 17.2. The van der Waals surface area contributed by atoms with Crippen molar-refractivity contribution in [1.82, 2.24) is 4.90 Å². The molecule has 0 aromatic heterocycles. The molecule has 0 unspecified atom stereocenters. The number of Topliss-reactive ketones (excluding diaryl/α,β-unsaturated/α-hetero) is 1. The average Bonchev–Trinajstić information content (AvgIpc) is 2.77. The number of rotatable bonds is 6. The van der Waals surface area contributed by atoms with Gasteiger partial charge in [-0.3, -0.25) is 9.59 Å². The van der Waals surface area contributed by atoms with Crippen LogP contribution in [0.4, 0.5) is 0 Å². The predicted octanol–water partition coefficient (Wildman–Crippen LogP) is 4.53. The van der Waals surface area contributed by atoms with Gasteiger partial charge in [-0.2, -0.15) is 0 Å². The number of halogens is 1. The number of methoxy groups -OCH3 is 1. The number of carbonyl (C=O) groups is 2. The summed E-state index contributed by atoms with van der Waals surface area (Å²) in [6.07, 6.45) is 2.65. The Morgan fingerprint density at radius 1 is 1.19 bits per heavy atom. The van der Waals surface area contributed by atoms with E-state index in [1.54, 1.807) is 31.4 Å². The molecular weight excluding hydrogens is 418 g/mol. The number of piperidine rings is 1. The third kappa shape index (κ3) is 4.79. The van der Waals surface area contributed by atoms with Crippen molar-refractivity contribution in [2.75, 3.05) is 26.8 Å². The molecule has 0 radical (unpaired) electrons. The number of fused-ring (bicyclic) bond motifs is 1. The fourth-order valence-corrected chi connectivity index (χ4v) is 4.36. The number of nitrogens with zero attached hydrogens (tertiary/aromatic N) is 1. The van der Waals surface area contributed by atoms with Gasteiger partial charge < -0.3 is 19.1 Å². The molecule has 1 amide bonds. The molecule has 2 aliphatic rings. The standard InChI is InChI=1S/C24H26ClNO5/c1-29-17-8-9-18-20(27)16-24(31-22(18)15-17)10-12-26(13-11-24)23(28)7-4-14-30-21-6-3-2-5-19(21)25/h2-3,5-6,8-9,15H,4,7,10-14,16H2,1H3. The van der Waals surface area contributed by atoms with Crippen molar-refractivity contribution in [2.24, 2.45) is 0 Å². The monoisotopic (exact) mass is 443 g/mol. The maximum Gasteiger partial charge on any atom is 0.222 e. The van der Waals surface area contributed by atoms with Crippen LogP contribution in [0.1, 0.15) is 42.5 Å². The lowest BCUT2D eigenvalue weighted by Gasteiger charge is -2.44. The minimum atomic E-state index is -0.541. The van der Waals surface area contributed by atoms with E-state index in [4.69, 9.17) is 25.8 Å². The number of likely N-dealkylation sites (tertiary alicyclic amines) is 1. The van der Waals surface area contributed by atoms with Crippen LogP contribution in [-0.2, 0) is 4.79 Å². The molecule has 7 heteroatoms. The van der Waals surface area contributed by atoms with E-state index in [-0.39, 0.29) is 11.7 Å². The van der Waals surface area contributed by atoms with Gasteiger partial charge in [0.2, 0.25) is 5.91 Å². The van der Waals surface area contributed by atoms with Gasteiger partial charge in [0.1, 0.15) is 22.8 Å². The van der Waals surface area contributed by atoms with Crippen LogP contribution in [0.25, 0.3) is 0 Å². The van der Waals surface area contributed by atoms with Crippen molar-refractivity contribution in [3.05, 3.63) is 53.1 Å². The second-order valence-electron chi connectivity index (χ2n) is 8.01. The topological polar surface area (TPSA) is 65.1 Å². The molecule has 0 bridgehead atoms. The summed E-state index contributed by atoms with van der Waals surface area (Å²) in [6, 6.07) is 12.6. The Hall–Kier alpha value is -2.73. The van der Waals surface area contributed by atoms with Crippen molar-refractivity contribution in [3.8, 4) is 17.2 Å².